The van der Waals surface area contributed by atoms with Crippen LogP contribution in [0.3, 0.4) is 0 Å². The molecule has 34 heavy (non-hydrogen) atoms. The van der Waals surface area contributed by atoms with Gasteiger partial charge in [-0.3, -0.25) is 14.4 Å². The largest absolute Gasteiger partial charge is 0.480 e. The molecule has 5 unspecified atom stereocenters. The fourth-order valence-electron chi connectivity index (χ4n) is 4.07. The minimum absolute atomic E-state index is 0.0269. The zero-order valence-corrected chi connectivity index (χ0v) is 19.9. The molecule has 2 rings (SSSR count). The Kier molecular flexibility index (Phi) is 10.0. The van der Waals surface area contributed by atoms with Crippen LogP contribution < -0.4 is 16.4 Å². The Balaban J connectivity index is 2.10. The third-order valence-electron chi connectivity index (χ3n) is 5.84. The zero-order valence-electron chi connectivity index (χ0n) is 19.9. The maximum atomic E-state index is 13.1. The first-order valence-electron chi connectivity index (χ1n) is 11.6. The molecule has 188 valence electrons. The lowest BCUT2D eigenvalue weighted by Crippen LogP contribution is -2.60. The number of amides is 3. The van der Waals surface area contributed by atoms with Gasteiger partial charge < -0.3 is 31.5 Å². The highest BCUT2D eigenvalue weighted by atomic mass is 16.4. The van der Waals surface area contributed by atoms with Crippen LogP contribution in [0.1, 0.15) is 45.6 Å². The number of hydrogen-bond acceptors (Lipinski definition) is 6. The SMILES string of the molecule is CC(C)CC(NC(=O)C(NC(=O)C(N)Cc1ccccc1)C(C)O)C(=O)N1CCCC1C(=O)O. The van der Waals surface area contributed by atoms with Gasteiger partial charge in [0.1, 0.15) is 18.1 Å². The number of nitrogens with two attached hydrogens (primary N) is 1. The summed E-state index contributed by atoms with van der Waals surface area (Å²) in [5.74, 6) is -2.88. The van der Waals surface area contributed by atoms with Gasteiger partial charge in [-0.2, -0.15) is 0 Å². The summed E-state index contributed by atoms with van der Waals surface area (Å²) in [6, 6.07) is 4.98. The van der Waals surface area contributed by atoms with Crippen molar-refractivity contribution in [2.45, 2.75) is 76.7 Å². The van der Waals surface area contributed by atoms with Gasteiger partial charge in [0.25, 0.3) is 0 Å². The quantitative estimate of drug-likeness (QED) is 0.301. The second-order valence-corrected chi connectivity index (χ2v) is 9.24. The first kappa shape index (κ1) is 27.3. The fraction of sp³-hybridized carbons (Fsp3) is 0.583. The number of carboxylic acid groups (broad SMARTS) is 1. The summed E-state index contributed by atoms with van der Waals surface area (Å²) >= 11 is 0. The molecular weight excluding hydrogens is 440 g/mol. The van der Waals surface area contributed by atoms with E-state index in [1.54, 1.807) is 0 Å². The van der Waals surface area contributed by atoms with Gasteiger partial charge in [-0.25, -0.2) is 4.79 Å². The summed E-state index contributed by atoms with van der Waals surface area (Å²) in [6.07, 6.45) is 0.204. The van der Waals surface area contributed by atoms with Crippen molar-refractivity contribution in [1.29, 1.82) is 0 Å². The number of aliphatic hydroxyl groups is 1. The molecule has 3 amide bonds. The van der Waals surface area contributed by atoms with Gasteiger partial charge in [0.2, 0.25) is 17.7 Å². The topological polar surface area (TPSA) is 162 Å². The summed E-state index contributed by atoms with van der Waals surface area (Å²) in [6.45, 7) is 5.40. The molecule has 0 spiro atoms. The maximum absolute atomic E-state index is 13.1. The predicted molar refractivity (Wildman–Crippen MR) is 125 cm³/mol. The van der Waals surface area contributed by atoms with E-state index in [-0.39, 0.29) is 18.8 Å². The molecule has 1 fully saturated rings. The minimum Gasteiger partial charge on any atom is -0.480 e. The Morgan fingerprint density at radius 2 is 1.74 bits per heavy atom. The van der Waals surface area contributed by atoms with E-state index in [1.807, 2.05) is 44.2 Å². The van der Waals surface area contributed by atoms with E-state index in [0.29, 0.717) is 19.4 Å². The van der Waals surface area contributed by atoms with Crippen LogP contribution in [0.2, 0.25) is 0 Å². The molecule has 10 heteroatoms. The summed E-state index contributed by atoms with van der Waals surface area (Å²) < 4.78 is 0. The number of likely N-dealkylation sites (tertiary alicyclic amines) is 1. The molecule has 1 heterocycles. The molecule has 6 N–H and O–H groups in total. The number of hydrogen-bond donors (Lipinski definition) is 5. The van der Waals surface area contributed by atoms with Crippen molar-refractivity contribution < 1.29 is 29.4 Å². The number of carbonyl (C=O) groups is 4. The van der Waals surface area contributed by atoms with Crippen LogP contribution >= 0.6 is 0 Å². The summed E-state index contributed by atoms with van der Waals surface area (Å²) in [4.78, 5) is 51.6. The van der Waals surface area contributed by atoms with Crippen LogP contribution in [0.4, 0.5) is 0 Å². The number of aliphatic hydroxyl groups excluding tert-OH is 1. The Labute approximate surface area is 199 Å². The van der Waals surface area contributed by atoms with Crippen molar-refractivity contribution in [3.05, 3.63) is 35.9 Å². The Hall–Kier alpha value is -2.98. The van der Waals surface area contributed by atoms with Gasteiger partial charge in [0, 0.05) is 6.54 Å². The number of carbonyl (C=O) groups excluding carboxylic acids is 3. The Morgan fingerprint density at radius 3 is 2.29 bits per heavy atom. The lowest BCUT2D eigenvalue weighted by Gasteiger charge is -2.30. The van der Waals surface area contributed by atoms with Crippen molar-refractivity contribution in [2.75, 3.05) is 6.54 Å². The highest BCUT2D eigenvalue weighted by molar-refractivity contribution is 5.94. The van der Waals surface area contributed by atoms with E-state index in [0.717, 1.165) is 5.56 Å². The van der Waals surface area contributed by atoms with Crippen molar-refractivity contribution in [1.82, 2.24) is 15.5 Å². The lowest BCUT2D eigenvalue weighted by molar-refractivity contribution is -0.149. The van der Waals surface area contributed by atoms with Crippen molar-refractivity contribution in [3.8, 4) is 0 Å². The van der Waals surface area contributed by atoms with E-state index in [2.05, 4.69) is 10.6 Å². The van der Waals surface area contributed by atoms with Crippen LogP contribution in [0.5, 0.6) is 0 Å². The smallest absolute Gasteiger partial charge is 0.326 e. The lowest BCUT2D eigenvalue weighted by atomic mass is 10.0. The molecule has 1 aromatic carbocycles. The molecule has 1 aliphatic heterocycles. The summed E-state index contributed by atoms with van der Waals surface area (Å²) in [7, 11) is 0. The fourth-order valence-corrected chi connectivity index (χ4v) is 4.07. The van der Waals surface area contributed by atoms with Crippen molar-refractivity contribution in [3.63, 3.8) is 0 Å². The summed E-state index contributed by atoms with van der Waals surface area (Å²) in [5, 5.41) is 24.7. The maximum Gasteiger partial charge on any atom is 0.326 e. The average Bonchev–Trinajstić information content (AvgIpc) is 3.26. The van der Waals surface area contributed by atoms with Gasteiger partial charge in [-0.05, 0) is 44.1 Å². The number of nitrogens with zero attached hydrogens (tertiary/aromatic N) is 1. The standard InChI is InChI=1S/C24H36N4O6/c1-14(2)12-18(23(32)28-11-7-10-19(28)24(33)34)26-22(31)20(15(3)29)27-21(30)17(25)13-16-8-5-4-6-9-16/h4-6,8-9,14-15,17-20,29H,7,10-13,25H2,1-3H3,(H,26,31)(H,27,30)(H,33,34). The average molecular weight is 477 g/mol. The van der Waals surface area contributed by atoms with Crippen LogP contribution in [0.15, 0.2) is 30.3 Å². The molecule has 0 aliphatic carbocycles. The molecule has 1 aliphatic rings. The first-order chi connectivity index (χ1) is 16.0. The molecule has 0 bridgehead atoms. The molecule has 0 radical (unpaired) electrons. The van der Waals surface area contributed by atoms with Gasteiger partial charge in [-0.15, -0.1) is 0 Å². The molecule has 5 atom stereocenters. The van der Waals surface area contributed by atoms with Crippen LogP contribution in [0.25, 0.3) is 0 Å². The second kappa shape index (κ2) is 12.5. The van der Waals surface area contributed by atoms with E-state index in [9.17, 15) is 29.4 Å². The van der Waals surface area contributed by atoms with Crippen molar-refractivity contribution in [2.24, 2.45) is 11.7 Å². The van der Waals surface area contributed by atoms with E-state index >= 15 is 0 Å². The number of benzene rings is 1. The van der Waals surface area contributed by atoms with Crippen LogP contribution in [-0.2, 0) is 25.6 Å². The first-order valence-corrected chi connectivity index (χ1v) is 11.6. The molecular formula is C24H36N4O6. The molecule has 1 aromatic rings. The van der Waals surface area contributed by atoms with Crippen LogP contribution in [-0.4, -0.2) is 75.6 Å². The highest BCUT2D eigenvalue weighted by Gasteiger charge is 2.39. The minimum atomic E-state index is -1.33. The molecule has 0 saturated carbocycles. The predicted octanol–water partition coefficient (Wildman–Crippen LogP) is 0.0285. The third-order valence-corrected chi connectivity index (χ3v) is 5.84. The Bertz CT molecular complexity index is 860. The Morgan fingerprint density at radius 1 is 1.09 bits per heavy atom. The van der Waals surface area contributed by atoms with Gasteiger partial charge in [-0.1, -0.05) is 44.2 Å². The van der Waals surface area contributed by atoms with Crippen LogP contribution in [0, 0.1) is 5.92 Å². The highest BCUT2D eigenvalue weighted by Crippen LogP contribution is 2.20. The van der Waals surface area contributed by atoms with Gasteiger partial charge >= 0.3 is 5.97 Å². The van der Waals surface area contributed by atoms with E-state index < -0.39 is 54.0 Å². The number of rotatable bonds is 11. The summed E-state index contributed by atoms with van der Waals surface area (Å²) in [5.41, 5.74) is 6.85. The molecule has 1 saturated heterocycles. The molecule has 0 aromatic heterocycles. The van der Waals surface area contributed by atoms with Crippen molar-refractivity contribution >= 4 is 23.7 Å². The second-order valence-electron chi connectivity index (χ2n) is 9.24. The van der Waals surface area contributed by atoms with E-state index in [4.69, 9.17) is 5.73 Å². The normalized spacial score (nSPS) is 19.2. The van der Waals surface area contributed by atoms with Gasteiger partial charge in [0.15, 0.2) is 0 Å². The monoisotopic (exact) mass is 476 g/mol. The zero-order chi connectivity index (χ0) is 25.4. The number of carboxylic acids is 1. The van der Waals surface area contributed by atoms with E-state index in [1.165, 1.54) is 11.8 Å². The molecule has 10 nitrogen and oxygen atoms in total. The van der Waals surface area contributed by atoms with Gasteiger partial charge in [0.05, 0.1) is 12.1 Å². The number of nitrogens with one attached hydrogen (secondary N) is 2. The third kappa shape index (κ3) is 7.53. The number of aliphatic carboxylic acids is 1.